The second-order valence-electron chi connectivity index (χ2n) is 11.1. The van der Waals surface area contributed by atoms with Crippen LogP contribution in [0.1, 0.15) is 18.4 Å². The topological polar surface area (TPSA) is 18.8 Å². The van der Waals surface area contributed by atoms with Crippen molar-refractivity contribution >= 4 is 39.8 Å². The van der Waals surface area contributed by atoms with E-state index >= 15 is 0 Å². The molecule has 1 aliphatic carbocycles. The van der Waals surface area contributed by atoms with Gasteiger partial charge in [-0.2, -0.15) is 0 Å². The number of nitrogens with zero attached hydrogens (tertiary/aromatic N) is 3. The Morgan fingerprint density at radius 1 is 0.500 bits per heavy atom. The molecule has 0 saturated carbocycles. The van der Waals surface area contributed by atoms with Gasteiger partial charge >= 0.3 is 0 Å². The Kier molecular flexibility index (Phi) is 8.52. The first-order valence-corrected chi connectivity index (χ1v) is 15.6. The maximum absolute atomic E-state index is 5.21. The molecule has 0 unspecified atom stereocenters. The summed E-state index contributed by atoms with van der Waals surface area (Å²) in [5.74, 6) is 0. The van der Waals surface area contributed by atoms with Crippen molar-refractivity contribution < 1.29 is 0 Å². The van der Waals surface area contributed by atoms with Crippen LogP contribution in [-0.4, -0.2) is 5.71 Å². The largest absolute Gasteiger partial charge is 0.314 e. The Bertz CT molecular complexity index is 1870. The smallest absolute Gasteiger partial charge is 0.0973 e. The predicted molar refractivity (Wildman–Crippen MR) is 192 cm³/mol. The van der Waals surface area contributed by atoms with Crippen LogP contribution in [0.3, 0.4) is 0 Å². The van der Waals surface area contributed by atoms with Crippen LogP contribution in [0.4, 0.5) is 34.1 Å². The van der Waals surface area contributed by atoms with Gasteiger partial charge in [-0.25, -0.2) is 4.99 Å². The Morgan fingerprint density at radius 3 is 1.57 bits per heavy atom. The number of benzene rings is 5. The van der Waals surface area contributed by atoms with Gasteiger partial charge in [0.15, 0.2) is 0 Å². The van der Waals surface area contributed by atoms with E-state index in [9.17, 15) is 0 Å². The molecule has 0 aliphatic heterocycles. The molecule has 0 fully saturated rings. The summed E-state index contributed by atoms with van der Waals surface area (Å²) in [6, 6.07) is 62.8. The van der Waals surface area contributed by atoms with Gasteiger partial charge in [-0.05, 0) is 103 Å². The first-order valence-electron chi connectivity index (χ1n) is 15.6. The maximum Gasteiger partial charge on any atom is 0.0973 e. The van der Waals surface area contributed by atoms with E-state index in [0.717, 1.165) is 58.2 Å². The molecule has 3 heteroatoms. The lowest BCUT2D eigenvalue weighted by molar-refractivity contribution is 0.899. The Labute approximate surface area is 271 Å². The molecule has 0 aromatic heterocycles. The lowest BCUT2D eigenvalue weighted by Crippen LogP contribution is -2.19. The molecule has 46 heavy (non-hydrogen) atoms. The lowest BCUT2D eigenvalue weighted by Gasteiger charge is -2.30. The highest BCUT2D eigenvalue weighted by molar-refractivity contribution is 6.14. The van der Waals surface area contributed by atoms with Crippen LogP contribution in [0.2, 0.25) is 0 Å². The van der Waals surface area contributed by atoms with Gasteiger partial charge < -0.3 is 9.80 Å². The van der Waals surface area contributed by atoms with E-state index in [0.29, 0.717) is 0 Å². The summed E-state index contributed by atoms with van der Waals surface area (Å²) < 4.78 is 0. The molecular formula is C43H33N3. The summed E-state index contributed by atoms with van der Waals surface area (Å²) in [5, 5.41) is 0. The summed E-state index contributed by atoms with van der Waals surface area (Å²) in [7, 11) is 0. The molecule has 0 amide bonds. The minimum atomic E-state index is 0.875. The first kappa shape index (κ1) is 28.6. The van der Waals surface area contributed by atoms with Crippen molar-refractivity contribution in [3.63, 3.8) is 0 Å². The maximum atomic E-state index is 5.21. The third-order valence-electron chi connectivity index (χ3n) is 8.03. The number of allylic oxidation sites excluding steroid dienone is 4. The van der Waals surface area contributed by atoms with Crippen molar-refractivity contribution in [3.8, 4) is 0 Å². The molecule has 7 rings (SSSR count). The molecule has 1 aliphatic rings. The third-order valence-corrected chi connectivity index (χ3v) is 8.03. The van der Waals surface area contributed by atoms with Gasteiger partial charge in [0, 0.05) is 34.0 Å². The molecule has 6 aromatic carbocycles. The van der Waals surface area contributed by atoms with E-state index in [-0.39, 0.29) is 0 Å². The van der Waals surface area contributed by atoms with Gasteiger partial charge in [-0.1, -0.05) is 103 Å². The van der Waals surface area contributed by atoms with Crippen LogP contribution in [0.15, 0.2) is 192 Å². The monoisotopic (exact) mass is 591 g/mol. The minimum absolute atomic E-state index is 0.875. The molecule has 220 valence electrons. The fourth-order valence-corrected chi connectivity index (χ4v) is 5.85. The molecule has 0 N–H and O–H groups in total. The second kappa shape index (κ2) is 13.7. The number of hydrogen-bond acceptors (Lipinski definition) is 3. The Hall–Kier alpha value is -6.11. The zero-order chi connectivity index (χ0) is 31.0. The van der Waals surface area contributed by atoms with Crippen molar-refractivity contribution in [2.45, 2.75) is 12.8 Å². The van der Waals surface area contributed by atoms with Crippen LogP contribution in [-0.2, 0) is 0 Å². The van der Waals surface area contributed by atoms with Gasteiger partial charge in [0.05, 0.1) is 17.1 Å². The molecule has 6 aromatic rings. The first-order chi connectivity index (χ1) is 22.8. The zero-order valence-electron chi connectivity index (χ0n) is 25.5. The van der Waals surface area contributed by atoms with E-state index in [1.54, 1.807) is 0 Å². The molecule has 3 nitrogen and oxygen atoms in total. The molecule has 0 saturated heterocycles. The summed E-state index contributed by atoms with van der Waals surface area (Å²) in [5.41, 5.74) is 10.8. The Morgan fingerprint density at radius 2 is 1.04 bits per heavy atom. The van der Waals surface area contributed by atoms with Gasteiger partial charge in [-0.15, -0.1) is 0 Å². The molecular weight excluding hydrogens is 558 g/mol. The quantitative estimate of drug-likeness (QED) is 0.156. The second-order valence-corrected chi connectivity index (χ2v) is 11.1. The molecule has 0 atom stereocenters. The van der Waals surface area contributed by atoms with E-state index in [2.05, 4.69) is 161 Å². The summed E-state index contributed by atoms with van der Waals surface area (Å²) in [4.78, 5) is 9.76. The average molecular weight is 592 g/mol. The summed E-state index contributed by atoms with van der Waals surface area (Å²) >= 11 is 0. The van der Waals surface area contributed by atoms with Crippen molar-refractivity contribution in [2.75, 3.05) is 9.80 Å². The normalized spacial score (nSPS) is 12.8. The van der Waals surface area contributed by atoms with Crippen molar-refractivity contribution in [3.05, 3.63) is 205 Å². The lowest BCUT2D eigenvalue weighted by atomic mass is 9.93. The highest BCUT2D eigenvalue weighted by Gasteiger charge is 2.20. The molecule has 0 spiro atoms. The summed E-state index contributed by atoms with van der Waals surface area (Å²) in [6.07, 6.45) is 6.27. The number of rotatable bonds is 9. The third kappa shape index (κ3) is 6.38. The number of aliphatic imine (C=N–C) groups is 1. The van der Waals surface area contributed by atoms with Crippen molar-refractivity contribution in [2.24, 2.45) is 4.99 Å². The van der Waals surface area contributed by atoms with Gasteiger partial charge in [0.1, 0.15) is 0 Å². The van der Waals surface area contributed by atoms with E-state index in [1.165, 1.54) is 11.3 Å². The van der Waals surface area contributed by atoms with Crippen LogP contribution < -0.4 is 9.80 Å². The number of hydrogen-bond donors (Lipinski definition) is 0. The highest BCUT2D eigenvalue weighted by atomic mass is 15.2. The average Bonchev–Trinajstić information content (AvgIpc) is 3.14. The SMILES string of the molecule is c1cccc(N(c2ccccc2)c2ccc(/C(=N/c3ccccc3)C3=CC=C(N(c4ccccc4)c4ccccc4)CC3)cc2)c#1. The Balaban J connectivity index is 1.26. The fourth-order valence-electron chi connectivity index (χ4n) is 5.85. The van der Waals surface area contributed by atoms with E-state index in [1.807, 2.05) is 36.4 Å². The fraction of sp³-hybridized carbons (Fsp3) is 0.0465. The van der Waals surface area contributed by atoms with Gasteiger partial charge in [-0.3, -0.25) is 0 Å². The van der Waals surface area contributed by atoms with Crippen LogP contribution >= 0.6 is 0 Å². The van der Waals surface area contributed by atoms with Crippen molar-refractivity contribution in [1.82, 2.24) is 0 Å². The molecule has 0 heterocycles. The van der Waals surface area contributed by atoms with Crippen molar-refractivity contribution in [1.29, 1.82) is 0 Å². The number of anilines is 5. The minimum Gasteiger partial charge on any atom is -0.314 e. The molecule has 0 radical (unpaired) electrons. The van der Waals surface area contributed by atoms with Crippen LogP contribution in [0, 0.1) is 12.1 Å². The van der Waals surface area contributed by atoms with Gasteiger partial charge in [0.25, 0.3) is 0 Å². The van der Waals surface area contributed by atoms with Gasteiger partial charge in [0.2, 0.25) is 0 Å². The predicted octanol–water partition coefficient (Wildman–Crippen LogP) is 11.3. The van der Waals surface area contributed by atoms with Crippen LogP contribution in [0.5, 0.6) is 0 Å². The zero-order valence-corrected chi connectivity index (χ0v) is 25.5. The number of para-hydroxylation sites is 4. The van der Waals surface area contributed by atoms with E-state index < -0.39 is 0 Å². The van der Waals surface area contributed by atoms with Crippen LogP contribution in [0.25, 0.3) is 0 Å². The standard InChI is InChI=1S/C43H33N3/c1-6-16-36(17-7-1)44-43(34-26-30-41(31-27-34)45(37-18-8-2-9-19-37)38-20-10-3-11-21-38)35-28-32-42(33-29-35)46(39-22-12-4-13-23-39)40-24-14-5-15-25-40/h1-14,16-24,26,28-30,32-33H,27,31H2/b44-43+. The highest BCUT2D eigenvalue weighted by Crippen LogP contribution is 2.36. The summed E-state index contributed by atoms with van der Waals surface area (Å²) in [6.45, 7) is 0. The van der Waals surface area contributed by atoms with E-state index in [4.69, 9.17) is 4.99 Å². The molecule has 0 bridgehead atoms.